The van der Waals surface area contributed by atoms with Gasteiger partial charge in [0.25, 0.3) is 0 Å². The van der Waals surface area contributed by atoms with Crippen LogP contribution in [0.15, 0.2) is 24.3 Å². The molecule has 2 aliphatic rings. The van der Waals surface area contributed by atoms with Crippen LogP contribution >= 0.6 is 11.6 Å². The Morgan fingerprint density at radius 2 is 1.83 bits per heavy atom. The molecule has 0 unspecified atom stereocenters. The number of benzene rings is 1. The minimum Gasteiger partial charge on any atom is -0.481 e. The monoisotopic (exact) mass is 335 g/mol. The minimum atomic E-state index is -0.844. The molecule has 1 aromatic carbocycles. The van der Waals surface area contributed by atoms with E-state index in [9.17, 15) is 14.7 Å². The number of carbonyl (C=O) groups excluding carboxylic acids is 1. The van der Waals surface area contributed by atoms with Gasteiger partial charge in [-0.15, -0.1) is 0 Å². The predicted octanol–water partition coefficient (Wildman–Crippen LogP) is 4.04. The first-order valence-electron chi connectivity index (χ1n) is 8.38. The van der Waals surface area contributed by atoms with E-state index in [1.54, 1.807) is 6.07 Å². The molecule has 0 spiro atoms. The van der Waals surface area contributed by atoms with Gasteiger partial charge >= 0.3 is 5.97 Å². The van der Waals surface area contributed by atoms with E-state index < -0.39 is 17.9 Å². The van der Waals surface area contributed by atoms with Crippen molar-refractivity contribution < 1.29 is 14.7 Å². The molecule has 1 saturated carbocycles. The Labute approximate surface area is 141 Å². The van der Waals surface area contributed by atoms with Crippen LogP contribution in [0.4, 0.5) is 0 Å². The van der Waals surface area contributed by atoms with Crippen LogP contribution in [0.25, 0.3) is 0 Å². The number of carboxylic acid groups (broad SMARTS) is 1. The highest BCUT2D eigenvalue weighted by Gasteiger charge is 2.44. The van der Waals surface area contributed by atoms with Gasteiger partial charge in [-0.3, -0.25) is 9.59 Å². The topological polar surface area (TPSA) is 57.6 Å². The summed E-state index contributed by atoms with van der Waals surface area (Å²) in [6, 6.07) is 7.01. The average molecular weight is 336 g/mol. The SMILES string of the molecule is O=C(O)[C@@H]1CCC(=O)N(C2CCCCC2)[C@H]1c1ccccc1Cl. The van der Waals surface area contributed by atoms with Crippen LogP contribution in [0.3, 0.4) is 0 Å². The second-order valence-electron chi connectivity index (χ2n) is 6.54. The van der Waals surface area contributed by atoms with Gasteiger partial charge in [-0.05, 0) is 30.9 Å². The number of halogens is 1. The summed E-state index contributed by atoms with van der Waals surface area (Å²) in [5.74, 6) is -1.36. The predicted molar refractivity (Wildman–Crippen MR) is 88.3 cm³/mol. The fourth-order valence-electron chi connectivity index (χ4n) is 4.04. The Bertz CT molecular complexity index is 598. The highest BCUT2D eigenvalue weighted by molar-refractivity contribution is 6.31. The first-order valence-corrected chi connectivity index (χ1v) is 8.76. The van der Waals surface area contributed by atoms with E-state index in [-0.39, 0.29) is 11.9 Å². The molecular weight excluding hydrogens is 314 g/mol. The Hall–Kier alpha value is -1.55. The number of rotatable bonds is 3. The lowest BCUT2D eigenvalue weighted by atomic mass is 9.81. The summed E-state index contributed by atoms with van der Waals surface area (Å²) >= 11 is 6.35. The minimum absolute atomic E-state index is 0.0688. The van der Waals surface area contributed by atoms with Crippen LogP contribution < -0.4 is 0 Å². The molecule has 5 heteroatoms. The highest BCUT2D eigenvalue weighted by Crippen LogP contribution is 2.43. The molecule has 4 nitrogen and oxygen atoms in total. The first kappa shape index (κ1) is 16.3. The normalized spacial score (nSPS) is 26.3. The third-order valence-corrected chi connectivity index (χ3v) is 5.49. The zero-order valence-corrected chi connectivity index (χ0v) is 13.8. The van der Waals surface area contributed by atoms with Gasteiger partial charge in [0.15, 0.2) is 0 Å². The van der Waals surface area contributed by atoms with Crippen molar-refractivity contribution in [2.45, 2.75) is 57.0 Å². The maximum absolute atomic E-state index is 12.6. The Kier molecular flexibility index (Phi) is 4.90. The Morgan fingerprint density at radius 3 is 2.48 bits per heavy atom. The standard InChI is InChI=1S/C18H22ClNO3/c19-15-9-5-4-8-13(15)17-14(18(22)23)10-11-16(21)20(17)12-6-2-1-3-7-12/h4-5,8-9,12,14,17H,1-3,6-7,10-11H2,(H,22,23)/t14-,17+/m1/s1. The van der Waals surface area contributed by atoms with E-state index in [0.717, 1.165) is 31.2 Å². The number of piperidine rings is 1. The molecule has 0 radical (unpaired) electrons. The largest absolute Gasteiger partial charge is 0.481 e. The number of aliphatic carboxylic acids is 1. The van der Waals surface area contributed by atoms with Crippen molar-refractivity contribution in [2.24, 2.45) is 5.92 Å². The van der Waals surface area contributed by atoms with E-state index >= 15 is 0 Å². The molecule has 1 aliphatic carbocycles. The van der Waals surface area contributed by atoms with Crippen LogP contribution in [0.1, 0.15) is 56.6 Å². The molecule has 1 aromatic rings. The van der Waals surface area contributed by atoms with Crippen molar-refractivity contribution in [1.82, 2.24) is 4.90 Å². The van der Waals surface area contributed by atoms with Gasteiger partial charge in [0.05, 0.1) is 12.0 Å². The van der Waals surface area contributed by atoms with E-state index in [1.165, 1.54) is 6.42 Å². The summed E-state index contributed by atoms with van der Waals surface area (Å²) in [6.45, 7) is 0. The third-order valence-electron chi connectivity index (χ3n) is 5.15. The molecule has 0 bridgehead atoms. The number of nitrogens with zero attached hydrogens (tertiary/aromatic N) is 1. The summed E-state index contributed by atoms with van der Waals surface area (Å²) in [4.78, 5) is 26.3. The van der Waals surface area contributed by atoms with Crippen LogP contribution in [0, 0.1) is 5.92 Å². The molecule has 23 heavy (non-hydrogen) atoms. The summed E-state index contributed by atoms with van der Waals surface area (Å²) in [7, 11) is 0. The van der Waals surface area contributed by atoms with Crippen molar-refractivity contribution in [2.75, 3.05) is 0 Å². The lowest BCUT2D eigenvalue weighted by Gasteiger charge is -2.45. The summed E-state index contributed by atoms with van der Waals surface area (Å²) in [5, 5.41) is 10.2. The van der Waals surface area contributed by atoms with Gasteiger partial charge in [0.1, 0.15) is 0 Å². The molecule has 124 valence electrons. The molecular formula is C18H22ClNO3. The van der Waals surface area contributed by atoms with E-state index in [2.05, 4.69) is 0 Å². The van der Waals surface area contributed by atoms with Crippen molar-refractivity contribution in [3.63, 3.8) is 0 Å². The Morgan fingerprint density at radius 1 is 1.13 bits per heavy atom. The molecule has 3 rings (SSSR count). The Balaban J connectivity index is 2.02. The number of carboxylic acids is 1. The van der Waals surface area contributed by atoms with E-state index in [0.29, 0.717) is 17.9 Å². The van der Waals surface area contributed by atoms with E-state index in [1.807, 2.05) is 23.1 Å². The zero-order chi connectivity index (χ0) is 16.4. The quantitative estimate of drug-likeness (QED) is 0.907. The fourth-order valence-corrected chi connectivity index (χ4v) is 4.29. The van der Waals surface area contributed by atoms with Crippen molar-refractivity contribution >= 4 is 23.5 Å². The number of amides is 1. The maximum Gasteiger partial charge on any atom is 0.308 e. The van der Waals surface area contributed by atoms with Gasteiger partial charge in [0.2, 0.25) is 5.91 Å². The molecule has 2 fully saturated rings. The molecule has 1 aliphatic heterocycles. The lowest BCUT2D eigenvalue weighted by molar-refractivity contribution is -0.154. The third kappa shape index (κ3) is 3.23. The second-order valence-corrected chi connectivity index (χ2v) is 6.95. The van der Waals surface area contributed by atoms with E-state index in [4.69, 9.17) is 11.6 Å². The molecule has 1 saturated heterocycles. The van der Waals surface area contributed by atoms with Crippen LogP contribution in [0.2, 0.25) is 5.02 Å². The molecule has 1 N–H and O–H groups in total. The molecule has 2 atom stereocenters. The number of hydrogen-bond donors (Lipinski definition) is 1. The van der Waals surface area contributed by atoms with Gasteiger partial charge in [0, 0.05) is 17.5 Å². The summed E-state index contributed by atoms with van der Waals surface area (Å²) < 4.78 is 0. The average Bonchev–Trinajstić information content (AvgIpc) is 2.55. The molecule has 1 amide bonds. The van der Waals surface area contributed by atoms with Crippen LogP contribution in [-0.4, -0.2) is 27.9 Å². The lowest BCUT2D eigenvalue weighted by Crippen LogP contribution is -2.50. The second kappa shape index (κ2) is 6.91. The zero-order valence-electron chi connectivity index (χ0n) is 13.1. The van der Waals surface area contributed by atoms with Crippen molar-refractivity contribution in [1.29, 1.82) is 0 Å². The summed E-state index contributed by atoms with van der Waals surface area (Å²) in [5.41, 5.74) is 0.764. The highest BCUT2D eigenvalue weighted by atomic mass is 35.5. The summed E-state index contributed by atoms with van der Waals surface area (Å²) in [6.07, 6.45) is 6.00. The fraction of sp³-hybridized carbons (Fsp3) is 0.556. The van der Waals surface area contributed by atoms with Crippen molar-refractivity contribution in [3.05, 3.63) is 34.9 Å². The van der Waals surface area contributed by atoms with Crippen LogP contribution in [-0.2, 0) is 9.59 Å². The van der Waals surface area contributed by atoms with Gasteiger partial charge in [-0.25, -0.2) is 0 Å². The van der Waals surface area contributed by atoms with Crippen molar-refractivity contribution in [3.8, 4) is 0 Å². The van der Waals surface area contributed by atoms with Gasteiger partial charge in [-0.2, -0.15) is 0 Å². The molecule has 0 aromatic heterocycles. The van der Waals surface area contributed by atoms with Gasteiger partial charge < -0.3 is 10.0 Å². The first-order chi connectivity index (χ1) is 11.1. The number of hydrogen-bond acceptors (Lipinski definition) is 2. The van der Waals surface area contributed by atoms with Gasteiger partial charge in [-0.1, -0.05) is 49.1 Å². The number of likely N-dealkylation sites (tertiary alicyclic amines) is 1. The molecule has 1 heterocycles. The number of carbonyl (C=O) groups is 2. The maximum atomic E-state index is 12.6. The smallest absolute Gasteiger partial charge is 0.308 e. The van der Waals surface area contributed by atoms with Crippen LogP contribution in [0.5, 0.6) is 0 Å².